The minimum atomic E-state index is 0.336. The topological polar surface area (TPSA) is 69.6 Å². The van der Waals surface area contributed by atoms with E-state index < -0.39 is 0 Å². The molecule has 3 rings (SSSR count). The molecule has 1 aliphatic carbocycles. The molecule has 1 heterocycles. The highest BCUT2D eigenvalue weighted by molar-refractivity contribution is 5.73. The average molecular weight is 257 g/mol. The van der Waals surface area contributed by atoms with Crippen molar-refractivity contribution in [1.82, 2.24) is 20.2 Å². The summed E-state index contributed by atoms with van der Waals surface area (Å²) >= 11 is 0. The Morgan fingerprint density at radius 2 is 2.16 bits per heavy atom. The van der Waals surface area contributed by atoms with Crippen LogP contribution in [0.1, 0.15) is 31.7 Å². The zero-order valence-electron chi connectivity index (χ0n) is 11.4. The molecule has 0 bridgehead atoms. The first-order valence-electron chi connectivity index (χ1n) is 6.71. The fourth-order valence-electron chi connectivity index (χ4n) is 2.68. The molecule has 5 nitrogen and oxygen atoms in total. The summed E-state index contributed by atoms with van der Waals surface area (Å²) in [5.74, 6) is 0.773. The van der Waals surface area contributed by atoms with E-state index in [1.165, 1.54) is 19.3 Å². The number of para-hydroxylation sites is 1. The normalized spacial score (nSPS) is 17.2. The number of nitrogens with zero attached hydrogens (tertiary/aromatic N) is 4. The maximum atomic E-state index is 6.14. The van der Waals surface area contributed by atoms with E-state index in [4.69, 9.17) is 5.73 Å². The molecule has 0 aliphatic heterocycles. The van der Waals surface area contributed by atoms with Gasteiger partial charge in [0.05, 0.1) is 6.54 Å². The van der Waals surface area contributed by atoms with Crippen molar-refractivity contribution in [2.45, 2.75) is 39.7 Å². The molecule has 2 aromatic rings. The van der Waals surface area contributed by atoms with E-state index in [0.717, 1.165) is 29.2 Å². The van der Waals surface area contributed by atoms with Gasteiger partial charge in [0.15, 0.2) is 5.82 Å². The van der Waals surface area contributed by atoms with Gasteiger partial charge in [-0.2, -0.15) is 0 Å². The molecule has 100 valence electrons. The Hall–Kier alpha value is -1.91. The van der Waals surface area contributed by atoms with E-state index in [0.29, 0.717) is 5.41 Å². The van der Waals surface area contributed by atoms with Gasteiger partial charge in [0, 0.05) is 11.3 Å². The van der Waals surface area contributed by atoms with Crippen LogP contribution in [-0.2, 0) is 6.54 Å². The highest BCUT2D eigenvalue weighted by Gasteiger charge is 2.33. The Labute approximate surface area is 112 Å². The molecule has 0 radical (unpaired) electrons. The lowest BCUT2D eigenvalue weighted by molar-refractivity contribution is 0.126. The summed E-state index contributed by atoms with van der Waals surface area (Å²) in [6, 6.07) is 5.97. The first-order chi connectivity index (χ1) is 9.09. The second kappa shape index (κ2) is 4.33. The van der Waals surface area contributed by atoms with Crippen molar-refractivity contribution in [2.75, 3.05) is 5.73 Å². The number of anilines is 1. The van der Waals surface area contributed by atoms with E-state index in [2.05, 4.69) is 22.4 Å². The molecule has 1 aromatic carbocycles. The lowest BCUT2D eigenvalue weighted by atomic mass is 9.70. The summed E-state index contributed by atoms with van der Waals surface area (Å²) in [7, 11) is 0. The summed E-state index contributed by atoms with van der Waals surface area (Å²) in [5, 5.41) is 12.1. The summed E-state index contributed by atoms with van der Waals surface area (Å²) in [5.41, 5.74) is 9.22. The van der Waals surface area contributed by atoms with Gasteiger partial charge in [-0.1, -0.05) is 25.5 Å². The van der Waals surface area contributed by atoms with Gasteiger partial charge in [0.2, 0.25) is 0 Å². The van der Waals surface area contributed by atoms with Crippen LogP contribution in [0, 0.1) is 12.3 Å². The third-order valence-corrected chi connectivity index (χ3v) is 4.19. The van der Waals surface area contributed by atoms with Crippen molar-refractivity contribution in [3.05, 3.63) is 23.8 Å². The second-order valence-corrected chi connectivity index (χ2v) is 5.86. The fraction of sp³-hybridized carbons (Fsp3) is 0.500. The molecule has 1 aromatic heterocycles. The van der Waals surface area contributed by atoms with E-state index in [1.807, 2.05) is 29.8 Å². The summed E-state index contributed by atoms with van der Waals surface area (Å²) in [4.78, 5) is 0. The first kappa shape index (κ1) is 12.1. The van der Waals surface area contributed by atoms with Gasteiger partial charge in [-0.15, -0.1) is 5.10 Å². The van der Waals surface area contributed by atoms with E-state index in [9.17, 15) is 0 Å². The Morgan fingerprint density at radius 3 is 2.84 bits per heavy atom. The predicted molar refractivity (Wildman–Crippen MR) is 74.4 cm³/mol. The van der Waals surface area contributed by atoms with Crippen LogP contribution in [0.15, 0.2) is 18.2 Å². The van der Waals surface area contributed by atoms with E-state index in [1.54, 1.807) is 0 Å². The van der Waals surface area contributed by atoms with Crippen LogP contribution < -0.4 is 5.73 Å². The molecule has 19 heavy (non-hydrogen) atoms. The van der Waals surface area contributed by atoms with Gasteiger partial charge in [0.1, 0.15) is 0 Å². The highest BCUT2D eigenvalue weighted by atomic mass is 15.5. The molecular formula is C14H19N5. The van der Waals surface area contributed by atoms with Crippen molar-refractivity contribution >= 4 is 5.69 Å². The number of nitrogen functional groups attached to an aromatic ring is 1. The fourth-order valence-corrected chi connectivity index (χ4v) is 2.68. The van der Waals surface area contributed by atoms with Crippen molar-refractivity contribution in [3.63, 3.8) is 0 Å². The second-order valence-electron chi connectivity index (χ2n) is 5.86. The molecule has 0 atom stereocenters. The molecule has 1 fully saturated rings. The maximum absolute atomic E-state index is 6.14. The van der Waals surface area contributed by atoms with Gasteiger partial charge < -0.3 is 5.73 Å². The monoisotopic (exact) mass is 257 g/mol. The highest BCUT2D eigenvalue weighted by Crippen LogP contribution is 2.42. The zero-order valence-corrected chi connectivity index (χ0v) is 11.4. The van der Waals surface area contributed by atoms with Crippen molar-refractivity contribution in [3.8, 4) is 11.4 Å². The van der Waals surface area contributed by atoms with Gasteiger partial charge in [-0.05, 0) is 47.2 Å². The smallest absolute Gasteiger partial charge is 0.184 e. The molecule has 0 saturated heterocycles. The molecule has 2 N–H and O–H groups in total. The minimum absolute atomic E-state index is 0.336. The SMILES string of the molecule is Cc1cccc(-c2nnnn2CC2(C)CCC2)c1N. The Bertz CT molecular complexity index is 598. The molecule has 0 amide bonds. The Balaban J connectivity index is 1.97. The molecule has 0 unspecified atom stereocenters. The van der Waals surface area contributed by atoms with Crippen LogP contribution in [0.2, 0.25) is 0 Å². The number of aryl methyl sites for hydroxylation is 1. The van der Waals surface area contributed by atoms with Crippen molar-refractivity contribution < 1.29 is 0 Å². The third kappa shape index (κ3) is 2.09. The van der Waals surface area contributed by atoms with Gasteiger partial charge >= 0.3 is 0 Å². The number of hydrogen-bond donors (Lipinski definition) is 1. The van der Waals surface area contributed by atoms with Crippen LogP contribution in [0.25, 0.3) is 11.4 Å². The molecule has 0 spiro atoms. The van der Waals surface area contributed by atoms with Gasteiger partial charge in [-0.25, -0.2) is 4.68 Å². The molecule has 5 heteroatoms. The summed E-state index contributed by atoms with van der Waals surface area (Å²) < 4.78 is 1.89. The Kier molecular flexibility index (Phi) is 2.77. The van der Waals surface area contributed by atoms with Crippen molar-refractivity contribution in [2.24, 2.45) is 5.41 Å². The van der Waals surface area contributed by atoms with Crippen molar-refractivity contribution in [1.29, 1.82) is 0 Å². The molecule has 1 saturated carbocycles. The van der Waals surface area contributed by atoms with Gasteiger partial charge in [0.25, 0.3) is 0 Å². The van der Waals surface area contributed by atoms with E-state index in [-0.39, 0.29) is 0 Å². The average Bonchev–Trinajstić information content (AvgIpc) is 2.79. The number of hydrogen-bond acceptors (Lipinski definition) is 4. The quantitative estimate of drug-likeness (QED) is 0.857. The van der Waals surface area contributed by atoms with Crippen LogP contribution >= 0.6 is 0 Å². The van der Waals surface area contributed by atoms with E-state index >= 15 is 0 Å². The lowest BCUT2D eigenvalue weighted by Gasteiger charge is -2.38. The zero-order chi connectivity index (χ0) is 13.5. The maximum Gasteiger partial charge on any atom is 0.184 e. The Morgan fingerprint density at radius 1 is 1.37 bits per heavy atom. The number of benzene rings is 1. The predicted octanol–water partition coefficient (Wildman–Crippen LogP) is 2.42. The number of aromatic nitrogens is 4. The lowest BCUT2D eigenvalue weighted by Crippen LogP contribution is -2.31. The third-order valence-electron chi connectivity index (χ3n) is 4.19. The summed E-state index contributed by atoms with van der Waals surface area (Å²) in [6.45, 7) is 5.16. The largest absolute Gasteiger partial charge is 0.398 e. The minimum Gasteiger partial charge on any atom is -0.398 e. The van der Waals surface area contributed by atoms with Crippen LogP contribution in [0.4, 0.5) is 5.69 Å². The van der Waals surface area contributed by atoms with Gasteiger partial charge in [-0.3, -0.25) is 0 Å². The standard InChI is InChI=1S/C14H19N5/c1-10-5-3-6-11(12(10)15)13-16-17-18-19(13)9-14(2)7-4-8-14/h3,5-6H,4,7-9,15H2,1-2H3. The number of nitrogens with two attached hydrogens (primary N) is 1. The molecule has 1 aliphatic rings. The van der Waals surface area contributed by atoms with Crippen LogP contribution in [-0.4, -0.2) is 20.2 Å². The molecular weight excluding hydrogens is 238 g/mol. The van der Waals surface area contributed by atoms with Crippen LogP contribution in [0.5, 0.6) is 0 Å². The van der Waals surface area contributed by atoms with Crippen LogP contribution in [0.3, 0.4) is 0 Å². The summed E-state index contributed by atoms with van der Waals surface area (Å²) in [6.07, 6.45) is 3.80. The first-order valence-corrected chi connectivity index (χ1v) is 6.71. The number of tetrazole rings is 1. The number of rotatable bonds is 3.